The van der Waals surface area contributed by atoms with Gasteiger partial charge in [0.25, 0.3) is 5.91 Å². The van der Waals surface area contributed by atoms with Gasteiger partial charge < -0.3 is 14.3 Å². The largest absolute Gasteiger partial charge is 0.478 e. The van der Waals surface area contributed by atoms with Crippen molar-refractivity contribution in [3.63, 3.8) is 0 Å². The molecule has 0 aliphatic heterocycles. The van der Waals surface area contributed by atoms with Crippen LogP contribution in [-0.2, 0) is 27.5 Å². The number of hydrogen-bond donors (Lipinski definition) is 3. The van der Waals surface area contributed by atoms with Crippen molar-refractivity contribution in [1.82, 2.24) is 20.7 Å². The number of rotatable bonds is 10. The third-order valence-electron chi connectivity index (χ3n) is 6.03. The summed E-state index contributed by atoms with van der Waals surface area (Å²) in [6.07, 6.45) is -5.16. The maximum atomic E-state index is 12.5. The number of hydrazine groups is 1. The SMILES string of the molecule is Cc1cc(CN(CC(=O)NNC(=O)C(F)(F)F)Cc2nc(-c3ccccc3)oc2C)cc(C)c1OC(C)(C)C(=O)O. The lowest BCUT2D eigenvalue weighted by molar-refractivity contribution is -0.175. The monoisotopic (exact) mass is 576 g/mol. The molecule has 1 heterocycles. The maximum absolute atomic E-state index is 12.5. The van der Waals surface area contributed by atoms with Gasteiger partial charge in [-0.2, -0.15) is 13.2 Å². The zero-order chi connectivity index (χ0) is 30.5. The van der Waals surface area contributed by atoms with Gasteiger partial charge in [0.2, 0.25) is 5.89 Å². The average Bonchev–Trinajstić information content (AvgIpc) is 3.24. The summed E-state index contributed by atoms with van der Waals surface area (Å²) in [5.41, 5.74) is 4.95. The van der Waals surface area contributed by atoms with Gasteiger partial charge in [-0.25, -0.2) is 9.78 Å². The van der Waals surface area contributed by atoms with Crippen molar-refractivity contribution < 1.29 is 41.8 Å². The third kappa shape index (κ3) is 8.30. The quantitative estimate of drug-likeness (QED) is 0.306. The molecule has 0 spiro atoms. The van der Waals surface area contributed by atoms with Gasteiger partial charge in [0.15, 0.2) is 5.60 Å². The van der Waals surface area contributed by atoms with E-state index >= 15 is 0 Å². The molecule has 3 N–H and O–H groups in total. The molecule has 41 heavy (non-hydrogen) atoms. The Morgan fingerprint density at radius 3 is 2.17 bits per heavy atom. The number of amides is 2. The number of aryl methyl sites for hydroxylation is 3. The Morgan fingerprint density at radius 2 is 1.61 bits per heavy atom. The molecule has 0 radical (unpaired) electrons. The molecule has 0 saturated carbocycles. The Morgan fingerprint density at radius 1 is 1.00 bits per heavy atom. The number of carboxylic acids is 1. The zero-order valence-corrected chi connectivity index (χ0v) is 23.2. The van der Waals surface area contributed by atoms with Crippen LogP contribution in [-0.4, -0.2) is 51.1 Å². The number of oxazole rings is 1. The fraction of sp³-hybridized carbons (Fsp3) is 0.357. The Balaban J connectivity index is 1.86. The van der Waals surface area contributed by atoms with E-state index in [0.717, 1.165) is 11.1 Å². The van der Waals surface area contributed by atoms with Crippen molar-refractivity contribution in [3.05, 3.63) is 70.6 Å². The third-order valence-corrected chi connectivity index (χ3v) is 6.03. The number of carbonyl (C=O) groups is 3. The van der Waals surface area contributed by atoms with Crippen LogP contribution in [0.15, 0.2) is 46.9 Å². The first-order valence-electron chi connectivity index (χ1n) is 12.5. The van der Waals surface area contributed by atoms with Gasteiger partial charge in [-0.1, -0.05) is 30.3 Å². The van der Waals surface area contributed by atoms with E-state index in [0.29, 0.717) is 34.2 Å². The van der Waals surface area contributed by atoms with Crippen LogP contribution in [0.25, 0.3) is 11.5 Å². The van der Waals surface area contributed by atoms with Gasteiger partial charge in [0, 0.05) is 18.7 Å². The minimum atomic E-state index is -5.16. The van der Waals surface area contributed by atoms with E-state index in [1.165, 1.54) is 19.3 Å². The second-order valence-corrected chi connectivity index (χ2v) is 10.0. The number of aromatic nitrogens is 1. The molecule has 2 amide bonds. The summed E-state index contributed by atoms with van der Waals surface area (Å²) >= 11 is 0. The highest BCUT2D eigenvalue weighted by molar-refractivity contribution is 5.85. The molecule has 13 heteroatoms. The van der Waals surface area contributed by atoms with E-state index in [9.17, 15) is 32.7 Å². The Bertz CT molecular complexity index is 1400. The molecule has 0 aliphatic carbocycles. The number of benzene rings is 2. The molecule has 0 atom stereocenters. The topological polar surface area (TPSA) is 134 Å². The Labute approximate surface area is 234 Å². The smallest absolute Gasteiger partial charge is 0.472 e. The van der Waals surface area contributed by atoms with Crippen LogP contribution < -0.4 is 15.6 Å². The molecule has 10 nitrogen and oxygen atoms in total. The summed E-state index contributed by atoms with van der Waals surface area (Å²) < 4.78 is 49.2. The lowest BCUT2D eigenvalue weighted by Crippen LogP contribution is -2.50. The van der Waals surface area contributed by atoms with E-state index < -0.39 is 36.1 Å². The molecule has 1 aromatic heterocycles. The van der Waals surface area contributed by atoms with Crippen LogP contribution in [0.4, 0.5) is 13.2 Å². The van der Waals surface area contributed by atoms with Gasteiger partial charge in [0.1, 0.15) is 11.5 Å². The minimum Gasteiger partial charge on any atom is -0.478 e. The van der Waals surface area contributed by atoms with E-state index in [1.807, 2.05) is 30.3 Å². The van der Waals surface area contributed by atoms with Crippen LogP contribution in [0.3, 0.4) is 0 Å². The maximum Gasteiger partial charge on any atom is 0.472 e. The van der Waals surface area contributed by atoms with Gasteiger partial charge in [-0.3, -0.25) is 25.3 Å². The fourth-order valence-electron chi connectivity index (χ4n) is 3.95. The number of hydrogen-bond acceptors (Lipinski definition) is 7. The first-order chi connectivity index (χ1) is 19.1. The van der Waals surface area contributed by atoms with Crippen molar-refractivity contribution in [2.75, 3.05) is 6.54 Å². The molecule has 3 aromatic rings. The summed E-state index contributed by atoms with van der Waals surface area (Å²) in [5.74, 6) is -3.05. The van der Waals surface area contributed by atoms with Crippen LogP contribution in [0.5, 0.6) is 5.75 Å². The highest BCUT2D eigenvalue weighted by Crippen LogP contribution is 2.30. The number of alkyl halides is 3. The minimum absolute atomic E-state index is 0.0885. The first kappa shape index (κ1) is 31.1. The molecular weight excluding hydrogens is 545 g/mol. The summed E-state index contributed by atoms with van der Waals surface area (Å²) in [6.45, 7) is 7.93. The fourth-order valence-corrected chi connectivity index (χ4v) is 3.95. The Hall–Kier alpha value is -4.39. The van der Waals surface area contributed by atoms with E-state index in [1.54, 1.807) is 43.2 Å². The number of ether oxygens (including phenoxy) is 1. The van der Waals surface area contributed by atoms with Gasteiger partial charge >= 0.3 is 18.1 Å². The highest BCUT2D eigenvalue weighted by atomic mass is 19.4. The van der Waals surface area contributed by atoms with Gasteiger partial charge in [-0.05, 0) is 63.4 Å². The molecule has 220 valence electrons. The lowest BCUT2D eigenvalue weighted by atomic mass is 10.0. The summed E-state index contributed by atoms with van der Waals surface area (Å²) in [7, 11) is 0. The number of nitrogens with one attached hydrogen (secondary N) is 2. The summed E-state index contributed by atoms with van der Waals surface area (Å²) in [4.78, 5) is 41.4. The van der Waals surface area contributed by atoms with Crippen molar-refractivity contribution in [2.45, 2.75) is 59.5 Å². The van der Waals surface area contributed by atoms with E-state index in [2.05, 4.69) is 4.98 Å². The number of aliphatic carboxylic acids is 1. The summed E-state index contributed by atoms with van der Waals surface area (Å²) in [6, 6.07) is 12.7. The lowest BCUT2D eigenvalue weighted by Gasteiger charge is -2.26. The Kier molecular flexibility index (Phi) is 9.43. The molecule has 0 fully saturated rings. The van der Waals surface area contributed by atoms with Crippen LogP contribution in [0.1, 0.15) is 42.0 Å². The van der Waals surface area contributed by atoms with Crippen molar-refractivity contribution >= 4 is 17.8 Å². The average molecular weight is 577 g/mol. The molecule has 0 saturated heterocycles. The highest BCUT2D eigenvalue weighted by Gasteiger charge is 2.39. The second-order valence-electron chi connectivity index (χ2n) is 10.0. The van der Waals surface area contributed by atoms with Crippen LogP contribution >= 0.6 is 0 Å². The molecule has 0 aliphatic rings. The molecule has 0 bridgehead atoms. The van der Waals surface area contributed by atoms with Crippen LogP contribution in [0, 0.1) is 20.8 Å². The number of halogens is 3. The second kappa shape index (κ2) is 12.4. The molecule has 3 rings (SSSR count). The number of carbonyl (C=O) groups excluding carboxylic acids is 2. The molecule has 0 unspecified atom stereocenters. The van der Waals surface area contributed by atoms with Crippen LogP contribution in [0.2, 0.25) is 0 Å². The predicted molar refractivity (Wildman–Crippen MR) is 141 cm³/mol. The van der Waals surface area contributed by atoms with E-state index in [-0.39, 0.29) is 13.1 Å². The summed E-state index contributed by atoms with van der Waals surface area (Å²) in [5, 5.41) is 9.43. The van der Waals surface area contributed by atoms with E-state index in [4.69, 9.17) is 9.15 Å². The zero-order valence-electron chi connectivity index (χ0n) is 23.2. The van der Waals surface area contributed by atoms with Crippen molar-refractivity contribution in [2.24, 2.45) is 0 Å². The number of carboxylic acid groups (broad SMARTS) is 1. The first-order valence-corrected chi connectivity index (χ1v) is 12.5. The molecule has 2 aromatic carbocycles. The normalized spacial score (nSPS) is 11.8. The standard InChI is InChI=1S/C28H31F3N4O6/c1-16-11-19(12-17(2)23(16)41-27(4,5)26(38)39)13-35(15-22(36)33-34-25(37)28(29,30)31)14-21-18(3)40-24(32-21)20-9-7-6-8-10-20/h6-12H,13-15H2,1-5H3,(H,33,36)(H,34,37)(H,38,39). The number of nitrogens with zero attached hydrogens (tertiary/aromatic N) is 2. The predicted octanol–water partition coefficient (Wildman–Crippen LogP) is 4.22. The van der Waals surface area contributed by atoms with Crippen molar-refractivity contribution in [1.29, 1.82) is 0 Å². The molecular formula is C28H31F3N4O6. The van der Waals surface area contributed by atoms with Crippen molar-refractivity contribution in [3.8, 4) is 17.2 Å². The van der Waals surface area contributed by atoms with Gasteiger partial charge in [-0.15, -0.1) is 0 Å². The van der Waals surface area contributed by atoms with Gasteiger partial charge in [0.05, 0.1) is 12.2 Å².